The van der Waals surface area contributed by atoms with E-state index in [1.165, 1.54) is 0 Å². The predicted octanol–water partition coefficient (Wildman–Crippen LogP) is 5.34. The second-order valence-electron chi connectivity index (χ2n) is 12.3. The molecule has 0 N–H and O–H groups in total. The van der Waals surface area contributed by atoms with E-state index < -0.39 is 6.43 Å². The molecule has 6 atom stereocenters. The molecule has 2 heterocycles. The molecule has 0 spiro atoms. The summed E-state index contributed by atoms with van der Waals surface area (Å²) in [6, 6.07) is 0.0623. The normalized spacial score (nSPS) is 40.0. The van der Waals surface area contributed by atoms with Gasteiger partial charge in [0.15, 0.2) is 0 Å². The molecule has 3 aliphatic rings. The minimum Gasteiger partial charge on any atom is -0.379 e. The topological polar surface area (TPSA) is 21.7 Å². The molecule has 3 rings (SSSR count). The molecule has 3 fully saturated rings. The molecule has 2 saturated heterocycles. The number of alkyl halides is 2. The van der Waals surface area contributed by atoms with Crippen molar-refractivity contribution >= 4 is 0 Å². The van der Waals surface area contributed by atoms with Crippen molar-refractivity contribution in [2.45, 2.75) is 86.9 Å². The number of hydrogen-bond acceptors (Lipinski definition) is 3. The number of rotatable bonds is 3. The summed E-state index contributed by atoms with van der Waals surface area (Å²) < 4.78 is 40.3. The predicted molar refractivity (Wildman–Crippen MR) is 113 cm³/mol. The van der Waals surface area contributed by atoms with Crippen molar-refractivity contribution in [1.29, 1.82) is 0 Å². The highest BCUT2D eigenvalue weighted by Crippen LogP contribution is 2.66. The fourth-order valence-corrected chi connectivity index (χ4v) is 6.83. The Morgan fingerprint density at radius 1 is 1.00 bits per heavy atom. The van der Waals surface area contributed by atoms with Crippen molar-refractivity contribution in [2.24, 2.45) is 39.9 Å². The molecule has 1 aliphatic carbocycles. The van der Waals surface area contributed by atoms with Gasteiger partial charge in [-0.3, -0.25) is 4.90 Å². The van der Waals surface area contributed by atoms with Gasteiger partial charge < -0.3 is 9.47 Å². The third-order valence-corrected chi connectivity index (χ3v) is 8.77. The second-order valence-corrected chi connectivity index (χ2v) is 12.3. The van der Waals surface area contributed by atoms with Crippen LogP contribution >= 0.6 is 0 Å². The molecule has 0 aromatic carbocycles. The third-order valence-electron chi connectivity index (χ3n) is 8.77. The fourth-order valence-electron chi connectivity index (χ4n) is 6.83. The van der Waals surface area contributed by atoms with E-state index >= 15 is 0 Å². The number of ether oxygens (including phenoxy) is 2. The van der Waals surface area contributed by atoms with E-state index in [0.717, 1.165) is 0 Å². The molecule has 0 aromatic rings. The van der Waals surface area contributed by atoms with Gasteiger partial charge in [0.2, 0.25) is 0 Å². The van der Waals surface area contributed by atoms with E-state index in [2.05, 4.69) is 67.2 Å². The lowest BCUT2D eigenvalue weighted by atomic mass is 9.62. The van der Waals surface area contributed by atoms with Crippen molar-refractivity contribution in [2.75, 3.05) is 26.4 Å². The number of halogens is 2. The molecular formula is C24H43F2NO2. The first-order valence-electron chi connectivity index (χ1n) is 11.4. The Morgan fingerprint density at radius 2 is 1.62 bits per heavy atom. The van der Waals surface area contributed by atoms with E-state index in [1.54, 1.807) is 0 Å². The van der Waals surface area contributed by atoms with E-state index in [0.29, 0.717) is 31.7 Å². The molecule has 0 amide bonds. The van der Waals surface area contributed by atoms with Crippen LogP contribution in [0, 0.1) is 39.9 Å². The van der Waals surface area contributed by atoms with Crippen molar-refractivity contribution in [3.05, 3.63) is 0 Å². The summed E-state index contributed by atoms with van der Waals surface area (Å²) >= 11 is 0. The van der Waals surface area contributed by atoms with Gasteiger partial charge in [0, 0.05) is 18.0 Å². The number of fused-ring (bicyclic) bond motifs is 3. The minimum atomic E-state index is -2.35. The lowest BCUT2D eigenvalue weighted by Crippen LogP contribution is -2.57. The van der Waals surface area contributed by atoms with Crippen LogP contribution in [0.3, 0.4) is 0 Å². The highest BCUT2D eigenvalue weighted by molar-refractivity contribution is 5.17. The van der Waals surface area contributed by atoms with E-state index in [4.69, 9.17) is 9.47 Å². The van der Waals surface area contributed by atoms with Crippen LogP contribution in [0.5, 0.6) is 0 Å². The molecule has 29 heavy (non-hydrogen) atoms. The first-order valence-corrected chi connectivity index (χ1v) is 11.4. The van der Waals surface area contributed by atoms with Crippen LogP contribution in [0.4, 0.5) is 8.78 Å². The highest BCUT2D eigenvalue weighted by atomic mass is 19.3. The Kier molecular flexibility index (Phi) is 6.22. The Balaban J connectivity index is 2.23. The van der Waals surface area contributed by atoms with E-state index in [1.807, 2.05) is 0 Å². The zero-order chi connectivity index (χ0) is 21.9. The monoisotopic (exact) mass is 415 g/mol. The third kappa shape index (κ3) is 3.78. The number of nitrogens with zero attached hydrogens (tertiary/aromatic N) is 1. The molecule has 1 saturated carbocycles. The maximum atomic E-state index is 13.9. The Bertz CT molecular complexity index is 584. The van der Waals surface area contributed by atoms with Gasteiger partial charge in [-0.2, -0.15) is 0 Å². The van der Waals surface area contributed by atoms with Crippen molar-refractivity contribution in [3.63, 3.8) is 0 Å². The summed E-state index contributed by atoms with van der Waals surface area (Å²) in [7, 11) is 0. The van der Waals surface area contributed by atoms with Gasteiger partial charge in [-0.15, -0.1) is 0 Å². The lowest BCUT2D eigenvalue weighted by Gasteiger charge is -2.49. The fraction of sp³-hybridized carbons (Fsp3) is 1.00. The molecule has 0 aromatic heterocycles. The zero-order valence-electron chi connectivity index (χ0n) is 20.0. The molecular weight excluding hydrogens is 372 g/mol. The first kappa shape index (κ1) is 23.4. The van der Waals surface area contributed by atoms with Crippen LogP contribution in [0.2, 0.25) is 0 Å². The van der Waals surface area contributed by atoms with Gasteiger partial charge in [0.25, 0.3) is 6.43 Å². The molecule has 6 unspecified atom stereocenters. The molecule has 2 aliphatic heterocycles. The first-order chi connectivity index (χ1) is 13.2. The van der Waals surface area contributed by atoms with Crippen LogP contribution < -0.4 is 0 Å². The van der Waals surface area contributed by atoms with Gasteiger partial charge >= 0.3 is 0 Å². The van der Waals surface area contributed by atoms with Crippen molar-refractivity contribution in [1.82, 2.24) is 4.90 Å². The number of hydrogen-bond donors (Lipinski definition) is 0. The van der Waals surface area contributed by atoms with Gasteiger partial charge in [-0.25, -0.2) is 8.78 Å². The maximum Gasteiger partial charge on any atom is 0.251 e. The second kappa shape index (κ2) is 7.70. The summed E-state index contributed by atoms with van der Waals surface area (Å²) in [5.74, 6) is 1.11. The van der Waals surface area contributed by atoms with E-state index in [9.17, 15) is 8.78 Å². The maximum absolute atomic E-state index is 13.9. The minimum absolute atomic E-state index is 0.00131. The summed E-state index contributed by atoms with van der Waals surface area (Å²) in [6.45, 7) is 22.2. The van der Waals surface area contributed by atoms with Gasteiger partial charge in [0.05, 0.1) is 32.5 Å². The van der Waals surface area contributed by atoms with Crippen LogP contribution in [0.1, 0.15) is 62.3 Å². The Hall–Kier alpha value is -0.260. The van der Waals surface area contributed by atoms with Crippen LogP contribution in [0.15, 0.2) is 0 Å². The smallest absolute Gasteiger partial charge is 0.251 e. The summed E-state index contributed by atoms with van der Waals surface area (Å²) in [5.41, 5.74) is -0.195. The lowest BCUT2D eigenvalue weighted by molar-refractivity contribution is -0.0965. The summed E-state index contributed by atoms with van der Waals surface area (Å²) in [4.78, 5) is 2.16. The molecule has 5 heteroatoms. The average molecular weight is 416 g/mol. The van der Waals surface area contributed by atoms with E-state index in [-0.39, 0.29) is 52.8 Å². The van der Waals surface area contributed by atoms with Gasteiger partial charge in [-0.05, 0) is 34.0 Å². The summed E-state index contributed by atoms with van der Waals surface area (Å²) in [5, 5.41) is 0. The molecule has 0 radical (unpaired) electrons. The Labute approximate surface area is 176 Å². The van der Waals surface area contributed by atoms with Gasteiger partial charge in [-0.1, -0.05) is 62.3 Å². The quantitative estimate of drug-likeness (QED) is 0.621. The highest BCUT2D eigenvalue weighted by Gasteiger charge is 2.67. The standard InChI is InChI=1S/C24H43F2NO2/c1-14(2)20-18-19(22(3,4)5)21(24(8,9)23(18,6)7)27(10-17(25)26)16-13-28-11-15(16)12-29-20/h14-21H,10-13H2,1-9H3. The zero-order valence-corrected chi connectivity index (χ0v) is 20.0. The van der Waals surface area contributed by atoms with Crippen LogP contribution in [-0.4, -0.2) is 55.9 Å². The molecule has 3 nitrogen and oxygen atoms in total. The van der Waals surface area contributed by atoms with Crippen LogP contribution in [-0.2, 0) is 9.47 Å². The van der Waals surface area contributed by atoms with Crippen LogP contribution in [0.25, 0.3) is 0 Å². The average Bonchev–Trinajstić information content (AvgIpc) is 3.07. The van der Waals surface area contributed by atoms with Crippen molar-refractivity contribution < 1.29 is 18.3 Å². The van der Waals surface area contributed by atoms with Crippen molar-refractivity contribution in [3.8, 4) is 0 Å². The summed E-state index contributed by atoms with van der Waals surface area (Å²) in [6.07, 6.45) is -2.23. The molecule has 2 bridgehead atoms. The SMILES string of the molecule is CC(C)C1OCC2COCC2N(CC(F)F)C2C(C(C)(C)C)C1C(C)(C)C2(C)C. The van der Waals surface area contributed by atoms with Gasteiger partial charge in [0.1, 0.15) is 0 Å². The Morgan fingerprint density at radius 3 is 2.14 bits per heavy atom. The largest absolute Gasteiger partial charge is 0.379 e. The molecule has 170 valence electrons.